The van der Waals surface area contributed by atoms with E-state index in [-0.39, 0.29) is 0 Å². The Bertz CT molecular complexity index is 326. The summed E-state index contributed by atoms with van der Waals surface area (Å²) >= 11 is 0. The van der Waals surface area contributed by atoms with Gasteiger partial charge in [-0.2, -0.15) is 0 Å². The van der Waals surface area contributed by atoms with E-state index in [9.17, 15) is 0 Å². The number of ether oxygens (including phenoxy) is 1. The molecule has 0 aromatic heterocycles. The number of hydrogen-bond acceptors (Lipinski definition) is 1. The van der Waals surface area contributed by atoms with Crippen LogP contribution in [0.2, 0.25) is 0 Å². The highest BCUT2D eigenvalue weighted by Crippen LogP contribution is 2.21. The molecule has 0 saturated heterocycles. The second-order valence-corrected chi connectivity index (χ2v) is 3.42. The molecule has 0 aliphatic carbocycles. The maximum Gasteiger partial charge on any atom is 0.0653 e. The van der Waals surface area contributed by atoms with E-state index in [1.807, 2.05) is 13.8 Å². The van der Waals surface area contributed by atoms with Gasteiger partial charge in [0.15, 0.2) is 0 Å². The van der Waals surface area contributed by atoms with Crippen molar-refractivity contribution in [1.82, 2.24) is 0 Å². The Morgan fingerprint density at radius 3 is 2.60 bits per heavy atom. The molecule has 0 N–H and O–H groups in total. The Kier molecular flexibility index (Phi) is 5.13. The first-order valence-corrected chi connectivity index (χ1v) is 5.70. The minimum absolute atomic E-state index is 0.767. The van der Waals surface area contributed by atoms with Crippen molar-refractivity contribution in [2.75, 3.05) is 13.2 Å². The zero-order valence-corrected chi connectivity index (χ0v) is 9.92. The van der Waals surface area contributed by atoms with E-state index >= 15 is 0 Å². The molecule has 1 aliphatic rings. The lowest BCUT2D eigenvalue weighted by Crippen LogP contribution is -2.03. The van der Waals surface area contributed by atoms with Crippen LogP contribution in [0.5, 0.6) is 0 Å². The van der Waals surface area contributed by atoms with Gasteiger partial charge in [0.25, 0.3) is 0 Å². The summed E-state index contributed by atoms with van der Waals surface area (Å²) in [6.07, 6.45) is 3.22. The average molecular weight is 204 g/mol. The zero-order chi connectivity index (χ0) is 11.1. The van der Waals surface area contributed by atoms with Crippen molar-refractivity contribution in [2.45, 2.75) is 27.2 Å². The summed E-state index contributed by atoms with van der Waals surface area (Å²) in [5.41, 5.74) is 4.10. The number of hydrogen-bond donors (Lipinski definition) is 0. The smallest absolute Gasteiger partial charge is 0.0653 e. The fourth-order valence-corrected chi connectivity index (χ4v) is 1.63. The van der Waals surface area contributed by atoms with Crippen LogP contribution in [0.15, 0.2) is 30.3 Å². The van der Waals surface area contributed by atoms with Crippen LogP contribution >= 0.6 is 0 Å². The Labute approximate surface area is 92.8 Å². The molecule has 0 unspecified atom stereocenters. The van der Waals surface area contributed by atoms with Gasteiger partial charge in [0.2, 0.25) is 0 Å². The number of benzene rings is 1. The molecular weight excluding hydrogens is 184 g/mol. The highest BCUT2D eigenvalue weighted by molar-refractivity contribution is 5.66. The van der Waals surface area contributed by atoms with Gasteiger partial charge < -0.3 is 4.74 Å². The van der Waals surface area contributed by atoms with Gasteiger partial charge in [-0.05, 0) is 24.5 Å². The van der Waals surface area contributed by atoms with Gasteiger partial charge in [0, 0.05) is 0 Å². The minimum atomic E-state index is 0.767. The van der Waals surface area contributed by atoms with Crippen LogP contribution in [-0.2, 0) is 4.74 Å². The van der Waals surface area contributed by atoms with Crippen LogP contribution < -0.4 is 0 Å². The lowest BCUT2D eigenvalue weighted by molar-refractivity contribution is 0.161. The molecule has 1 nitrogen and oxygen atoms in total. The molecule has 0 atom stereocenters. The van der Waals surface area contributed by atoms with Crippen molar-refractivity contribution >= 4 is 5.57 Å². The molecule has 0 fully saturated rings. The predicted octanol–water partition coefficient (Wildman–Crippen LogP) is 3.82. The van der Waals surface area contributed by atoms with Gasteiger partial charge in [-0.1, -0.05) is 49.8 Å². The lowest BCUT2D eigenvalue weighted by atomic mass is 10.0. The topological polar surface area (TPSA) is 9.23 Å². The van der Waals surface area contributed by atoms with Crippen molar-refractivity contribution < 1.29 is 4.74 Å². The zero-order valence-electron chi connectivity index (χ0n) is 9.92. The van der Waals surface area contributed by atoms with E-state index in [0.717, 1.165) is 19.6 Å². The van der Waals surface area contributed by atoms with Gasteiger partial charge in [-0.25, -0.2) is 0 Å². The fraction of sp³-hybridized carbons (Fsp3) is 0.429. The van der Waals surface area contributed by atoms with E-state index in [1.165, 1.54) is 16.7 Å². The normalized spacial score (nSPS) is 15.0. The molecular formula is C14H20O. The molecule has 0 bridgehead atoms. The van der Waals surface area contributed by atoms with E-state index in [2.05, 4.69) is 37.3 Å². The van der Waals surface area contributed by atoms with Crippen molar-refractivity contribution in [1.29, 1.82) is 0 Å². The SMILES string of the molecule is CC.Cc1cccc(C2=CCOCC2)c1. The molecule has 1 heterocycles. The van der Waals surface area contributed by atoms with E-state index in [1.54, 1.807) is 0 Å². The van der Waals surface area contributed by atoms with Gasteiger partial charge in [-0.3, -0.25) is 0 Å². The Hall–Kier alpha value is -1.08. The molecule has 0 spiro atoms. The van der Waals surface area contributed by atoms with Crippen LogP contribution in [-0.4, -0.2) is 13.2 Å². The molecule has 0 saturated carbocycles. The highest BCUT2D eigenvalue weighted by atomic mass is 16.5. The molecule has 0 amide bonds. The van der Waals surface area contributed by atoms with Gasteiger partial charge in [0.05, 0.1) is 13.2 Å². The summed E-state index contributed by atoms with van der Waals surface area (Å²) in [6.45, 7) is 7.76. The fourth-order valence-electron chi connectivity index (χ4n) is 1.63. The lowest BCUT2D eigenvalue weighted by Gasteiger charge is -2.13. The van der Waals surface area contributed by atoms with Gasteiger partial charge in [0.1, 0.15) is 0 Å². The minimum Gasteiger partial charge on any atom is -0.377 e. The van der Waals surface area contributed by atoms with E-state index in [0.29, 0.717) is 0 Å². The summed E-state index contributed by atoms with van der Waals surface area (Å²) in [4.78, 5) is 0. The monoisotopic (exact) mass is 204 g/mol. The third-order valence-corrected chi connectivity index (χ3v) is 2.35. The van der Waals surface area contributed by atoms with Crippen LogP contribution in [0.3, 0.4) is 0 Å². The third-order valence-electron chi connectivity index (χ3n) is 2.35. The first-order chi connectivity index (χ1) is 7.36. The summed E-state index contributed by atoms with van der Waals surface area (Å²) in [5.74, 6) is 0. The second kappa shape index (κ2) is 6.41. The predicted molar refractivity (Wildman–Crippen MR) is 65.9 cm³/mol. The Balaban J connectivity index is 0.000000531. The van der Waals surface area contributed by atoms with E-state index in [4.69, 9.17) is 4.74 Å². The Morgan fingerprint density at radius 2 is 2.00 bits per heavy atom. The Morgan fingerprint density at radius 1 is 1.20 bits per heavy atom. The highest BCUT2D eigenvalue weighted by Gasteiger charge is 2.05. The summed E-state index contributed by atoms with van der Waals surface area (Å²) < 4.78 is 5.28. The average Bonchev–Trinajstić information content (AvgIpc) is 2.33. The van der Waals surface area contributed by atoms with Crippen LogP contribution in [0.1, 0.15) is 31.4 Å². The van der Waals surface area contributed by atoms with Crippen LogP contribution in [0, 0.1) is 6.92 Å². The summed E-state index contributed by atoms with van der Waals surface area (Å²) in [5, 5.41) is 0. The van der Waals surface area contributed by atoms with Crippen molar-refractivity contribution in [2.24, 2.45) is 0 Å². The quantitative estimate of drug-likeness (QED) is 0.675. The largest absolute Gasteiger partial charge is 0.377 e. The first-order valence-electron chi connectivity index (χ1n) is 5.70. The van der Waals surface area contributed by atoms with Crippen LogP contribution in [0.4, 0.5) is 0 Å². The van der Waals surface area contributed by atoms with Crippen molar-refractivity contribution in [3.63, 3.8) is 0 Å². The maximum atomic E-state index is 5.28. The molecule has 1 aromatic carbocycles. The number of rotatable bonds is 1. The summed E-state index contributed by atoms with van der Waals surface area (Å²) in [7, 11) is 0. The molecule has 15 heavy (non-hydrogen) atoms. The maximum absolute atomic E-state index is 5.28. The number of aryl methyl sites for hydroxylation is 1. The molecule has 82 valence electrons. The van der Waals surface area contributed by atoms with Crippen LogP contribution in [0.25, 0.3) is 5.57 Å². The molecule has 1 aliphatic heterocycles. The standard InChI is InChI=1S/C12H14O.C2H6/c1-10-3-2-4-12(9-10)11-5-7-13-8-6-11;1-2/h2-5,9H,6-8H2,1H3;1-2H3. The van der Waals surface area contributed by atoms with Gasteiger partial charge in [-0.15, -0.1) is 0 Å². The third kappa shape index (κ3) is 3.52. The molecule has 2 rings (SSSR count). The first kappa shape index (κ1) is 12.0. The molecule has 1 aromatic rings. The van der Waals surface area contributed by atoms with Crippen molar-refractivity contribution in [3.05, 3.63) is 41.5 Å². The van der Waals surface area contributed by atoms with E-state index < -0.39 is 0 Å². The van der Waals surface area contributed by atoms with Gasteiger partial charge >= 0.3 is 0 Å². The summed E-state index contributed by atoms with van der Waals surface area (Å²) in [6, 6.07) is 8.64. The molecule has 1 heteroatoms. The molecule has 0 radical (unpaired) electrons. The second-order valence-electron chi connectivity index (χ2n) is 3.42. The van der Waals surface area contributed by atoms with Crippen molar-refractivity contribution in [3.8, 4) is 0 Å².